The molecule has 2 aromatic rings. The lowest BCUT2D eigenvalue weighted by atomic mass is 10.1. The number of hydrogen-bond acceptors (Lipinski definition) is 2. The Hall–Kier alpha value is -1.35. The van der Waals surface area contributed by atoms with Gasteiger partial charge in [0.25, 0.3) is 0 Å². The van der Waals surface area contributed by atoms with E-state index in [1.807, 2.05) is 30.3 Å². The van der Waals surface area contributed by atoms with Gasteiger partial charge in [-0.1, -0.05) is 30.3 Å². The largest absolute Gasteiger partial charge is 0.462 e. The van der Waals surface area contributed by atoms with Gasteiger partial charge in [0.2, 0.25) is 0 Å². The van der Waals surface area contributed by atoms with E-state index in [0.29, 0.717) is 12.2 Å². The fourth-order valence-electron chi connectivity index (χ4n) is 1.60. The van der Waals surface area contributed by atoms with Gasteiger partial charge in [0, 0.05) is 4.47 Å². The first-order valence-corrected chi connectivity index (χ1v) is 5.87. The van der Waals surface area contributed by atoms with E-state index in [1.165, 1.54) is 0 Å². The highest BCUT2D eigenvalue weighted by Gasteiger charge is 2.12. The van der Waals surface area contributed by atoms with Gasteiger partial charge in [-0.05, 0) is 39.7 Å². The maximum atomic E-state index is 11.7. The zero-order valence-corrected chi connectivity index (χ0v) is 10.5. The molecule has 0 saturated carbocycles. The molecule has 0 fully saturated rings. The Labute approximate surface area is 102 Å². The van der Waals surface area contributed by atoms with Gasteiger partial charge in [0.05, 0.1) is 12.2 Å². The third-order valence-electron chi connectivity index (χ3n) is 2.36. The standard InChI is InChI=1S/C13H11BrO2/c1-2-16-13(15)11-8-7-9-5-3-4-6-10(9)12(11)14/h3-8H,2H2,1H3. The van der Waals surface area contributed by atoms with Crippen LogP contribution in [-0.4, -0.2) is 12.6 Å². The van der Waals surface area contributed by atoms with Gasteiger partial charge < -0.3 is 4.74 Å². The molecule has 0 amide bonds. The number of carbonyl (C=O) groups is 1. The summed E-state index contributed by atoms with van der Waals surface area (Å²) in [6.45, 7) is 2.19. The second kappa shape index (κ2) is 4.66. The van der Waals surface area contributed by atoms with Crippen molar-refractivity contribution in [3.63, 3.8) is 0 Å². The number of hydrogen-bond donors (Lipinski definition) is 0. The summed E-state index contributed by atoms with van der Waals surface area (Å²) in [7, 11) is 0. The first kappa shape index (κ1) is 11.1. The molecule has 0 aliphatic carbocycles. The number of ether oxygens (including phenoxy) is 1. The molecule has 0 aliphatic rings. The summed E-state index contributed by atoms with van der Waals surface area (Å²) in [6.07, 6.45) is 0. The lowest BCUT2D eigenvalue weighted by Crippen LogP contribution is -2.05. The molecule has 0 N–H and O–H groups in total. The van der Waals surface area contributed by atoms with Crippen LogP contribution in [0.2, 0.25) is 0 Å². The quantitative estimate of drug-likeness (QED) is 0.782. The molecule has 2 rings (SSSR count). The van der Waals surface area contributed by atoms with Crippen molar-refractivity contribution in [1.29, 1.82) is 0 Å². The van der Waals surface area contributed by atoms with Gasteiger partial charge in [-0.15, -0.1) is 0 Å². The number of rotatable bonds is 2. The van der Waals surface area contributed by atoms with Gasteiger partial charge in [-0.2, -0.15) is 0 Å². The number of carbonyl (C=O) groups excluding carboxylic acids is 1. The number of benzene rings is 2. The molecule has 0 radical (unpaired) electrons. The molecule has 2 nitrogen and oxygen atoms in total. The molecule has 0 unspecified atom stereocenters. The summed E-state index contributed by atoms with van der Waals surface area (Å²) in [6, 6.07) is 11.6. The molecule has 0 spiro atoms. The van der Waals surface area contributed by atoms with Crippen molar-refractivity contribution in [3.05, 3.63) is 46.4 Å². The average molecular weight is 279 g/mol. The molecule has 0 bridgehead atoms. The minimum Gasteiger partial charge on any atom is -0.462 e. The summed E-state index contributed by atoms with van der Waals surface area (Å²) in [4.78, 5) is 11.7. The van der Waals surface area contributed by atoms with Crippen LogP contribution < -0.4 is 0 Å². The van der Waals surface area contributed by atoms with Crippen LogP contribution in [0, 0.1) is 0 Å². The number of esters is 1. The van der Waals surface area contributed by atoms with Gasteiger partial charge in [0.15, 0.2) is 0 Å². The summed E-state index contributed by atoms with van der Waals surface area (Å²) < 4.78 is 5.78. The van der Waals surface area contributed by atoms with Crippen LogP contribution in [-0.2, 0) is 4.74 Å². The maximum Gasteiger partial charge on any atom is 0.339 e. The predicted octanol–water partition coefficient (Wildman–Crippen LogP) is 3.78. The van der Waals surface area contributed by atoms with E-state index in [1.54, 1.807) is 13.0 Å². The predicted molar refractivity (Wildman–Crippen MR) is 67.6 cm³/mol. The van der Waals surface area contributed by atoms with Crippen LogP contribution >= 0.6 is 15.9 Å². The third-order valence-corrected chi connectivity index (χ3v) is 3.21. The fourth-order valence-corrected chi connectivity index (χ4v) is 2.26. The molecule has 0 heterocycles. The van der Waals surface area contributed by atoms with E-state index in [-0.39, 0.29) is 5.97 Å². The monoisotopic (exact) mass is 278 g/mol. The third kappa shape index (κ3) is 1.95. The fraction of sp³-hybridized carbons (Fsp3) is 0.154. The van der Waals surface area contributed by atoms with Crippen molar-refractivity contribution in [1.82, 2.24) is 0 Å². The molecule has 0 aliphatic heterocycles. The van der Waals surface area contributed by atoms with Gasteiger partial charge in [-0.3, -0.25) is 0 Å². The Morgan fingerprint density at radius 1 is 1.25 bits per heavy atom. The molecule has 82 valence electrons. The van der Waals surface area contributed by atoms with Crippen LogP contribution in [0.5, 0.6) is 0 Å². The van der Waals surface area contributed by atoms with Gasteiger partial charge in [-0.25, -0.2) is 4.79 Å². The summed E-state index contributed by atoms with van der Waals surface area (Å²) in [5.74, 6) is -0.292. The highest BCUT2D eigenvalue weighted by molar-refractivity contribution is 9.10. The highest BCUT2D eigenvalue weighted by atomic mass is 79.9. The first-order valence-electron chi connectivity index (χ1n) is 5.08. The van der Waals surface area contributed by atoms with E-state index < -0.39 is 0 Å². The molecule has 0 atom stereocenters. The van der Waals surface area contributed by atoms with E-state index in [2.05, 4.69) is 15.9 Å². The van der Waals surface area contributed by atoms with Crippen molar-refractivity contribution in [2.45, 2.75) is 6.92 Å². The number of halogens is 1. The van der Waals surface area contributed by atoms with Crippen LogP contribution in [0.3, 0.4) is 0 Å². The minimum atomic E-state index is -0.292. The number of fused-ring (bicyclic) bond motifs is 1. The van der Waals surface area contributed by atoms with Crippen molar-refractivity contribution >= 4 is 32.7 Å². The Bertz CT molecular complexity index is 534. The molecule has 3 heteroatoms. The molecule has 16 heavy (non-hydrogen) atoms. The van der Waals surface area contributed by atoms with Gasteiger partial charge >= 0.3 is 5.97 Å². The van der Waals surface area contributed by atoms with Crippen molar-refractivity contribution in [2.24, 2.45) is 0 Å². The summed E-state index contributed by atoms with van der Waals surface area (Å²) >= 11 is 3.45. The van der Waals surface area contributed by atoms with E-state index in [0.717, 1.165) is 15.2 Å². The first-order chi connectivity index (χ1) is 7.74. The van der Waals surface area contributed by atoms with Crippen molar-refractivity contribution < 1.29 is 9.53 Å². The van der Waals surface area contributed by atoms with Crippen molar-refractivity contribution in [2.75, 3.05) is 6.61 Å². The smallest absolute Gasteiger partial charge is 0.339 e. The van der Waals surface area contributed by atoms with Crippen LogP contribution in [0.15, 0.2) is 40.9 Å². The topological polar surface area (TPSA) is 26.3 Å². The zero-order valence-electron chi connectivity index (χ0n) is 8.87. The van der Waals surface area contributed by atoms with Crippen LogP contribution in [0.4, 0.5) is 0 Å². The Morgan fingerprint density at radius 3 is 2.75 bits per heavy atom. The summed E-state index contributed by atoms with van der Waals surface area (Å²) in [5.41, 5.74) is 0.570. The molecular formula is C13H11BrO2. The van der Waals surface area contributed by atoms with Gasteiger partial charge in [0.1, 0.15) is 0 Å². The minimum absolute atomic E-state index is 0.292. The molecule has 0 aromatic heterocycles. The lowest BCUT2D eigenvalue weighted by Gasteiger charge is -2.07. The second-order valence-corrected chi connectivity index (χ2v) is 4.16. The Balaban J connectivity index is 2.56. The lowest BCUT2D eigenvalue weighted by molar-refractivity contribution is 0.0525. The zero-order chi connectivity index (χ0) is 11.5. The second-order valence-electron chi connectivity index (χ2n) is 3.37. The maximum absolute atomic E-state index is 11.7. The van der Waals surface area contributed by atoms with E-state index >= 15 is 0 Å². The van der Waals surface area contributed by atoms with E-state index in [4.69, 9.17) is 4.74 Å². The van der Waals surface area contributed by atoms with Crippen LogP contribution in [0.25, 0.3) is 10.8 Å². The summed E-state index contributed by atoms with van der Waals surface area (Å²) in [5, 5.41) is 2.12. The van der Waals surface area contributed by atoms with Crippen molar-refractivity contribution in [3.8, 4) is 0 Å². The molecule has 0 saturated heterocycles. The Morgan fingerprint density at radius 2 is 2.00 bits per heavy atom. The molecular weight excluding hydrogens is 268 g/mol. The molecule has 2 aromatic carbocycles. The van der Waals surface area contributed by atoms with E-state index in [9.17, 15) is 4.79 Å². The Kier molecular flexibility index (Phi) is 3.25. The SMILES string of the molecule is CCOC(=O)c1ccc2ccccc2c1Br. The normalized spacial score (nSPS) is 10.4. The highest BCUT2D eigenvalue weighted by Crippen LogP contribution is 2.28. The average Bonchev–Trinajstić information content (AvgIpc) is 2.30. The van der Waals surface area contributed by atoms with Crippen LogP contribution in [0.1, 0.15) is 17.3 Å².